The second-order valence-electron chi connectivity index (χ2n) is 4.99. The topological polar surface area (TPSA) is 31.4 Å². The van der Waals surface area contributed by atoms with Crippen LogP contribution in [-0.2, 0) is 0 Å². The van der Waals surface area contributed by atoms with Crippen LogP contribution >= 0.6 is 0 Å². The predicted octanol–water partition coefficient (Wildman–Crippen LogP) is 4.65. The van der Waals surface area contributed by atoms with Crippen molar-refractivity contribution in [2.45, 2.75) is 13.8 Å². The molecule has 0 spiro atoms. The highest BCUT2D eigenvalue weighted by Crippen LogP contribution is 2.36. The van der Waals surface area contributed by atoms with Crippen LogP contribution in [0.15, 0.2) is 48.5 Å². The molecule has 3 rings (SSSR count). The molecule has 0 aliphatic carbocycles. The number of aromatic nitrogens is 1. The van der Waals surface area contributed by atoms with Gasteiger partial charge in [-0.1, -0.05) is 18.2 Å². The quantitative estimate of drug-likeness (QED) is 0.699. The molecule has 0 fully saturated rings. The zero-order valence-corrected chi connectivity index (χ0v) is 12.4. The third-order valence-electron chi connectivity index (χ3n) is 3.40. The van der Waals surface area contributed by atoms with E-state index in [1.165, 1.54) is 0 Å². The highest BCUT2D eigenvalue weighted by molar-refractivity contribution is 5.93. The van der Waals surface area contributed by atoms with Gasteiger partial charge in [0, 0.05) is 11.1 Å². The van der Waals surface area contributed by atoms with Crippen molar-refractivity contribution in [1.29, 1.82) is 0 Å². The number of fused-ring (bicyclic) bond motifs is 1. The van der Waals surface area contributed by atoms with Gasteiger partial charge in [0.05, 0.1) is 7.11 Å². The Morgan fingerprint density at radius 3 is 2.33 bits per heavy atom. The zero-order chi connectivity index (χ0) is 14.8. The Morgan fingerprint density at radius 1 is 0.905 bits per heavy atom. The summed E-state index contributed by atoms with van der Waals surface area (Å²) in [7, 11) is 1.67. The standard InChI is InChI=1S/C18H17NO2/c1-12-11-13(2)19-18-16(10-9-15(20-3)17(12)18)21-14-7-5-4-6-8-14/h4-11H,1-3H3. The number of aryl methyl sites for hydroxylation is 2. The summed E-state index contributed by atoms with van der Waals surface area (Å²) in [5.74, 6) is 2.35. The molecule has 0 saturated carbocycles. The van der Waals surface area contributed by atoms with Crippen molar-refractivity contribution >= 4 is 10.9 Å². The number of para-hydroxylation sites is 1. The third-order valence-corrected chi connectivity index (χ3v) is 3.40. The van der Waals surface area contributed by atoms with Gasteiger partial charge < -0.3 is 9.47 Å². The normalized spacial score (nSPS) is 10.6. The van der Waals surface area contributed by atoms with Crippen LogP contribution in [0, 0.1) is 13.8 Å². The first-order chi connectivity index (χ1) is 10.2. The Hall–Kier alpha value is -2.55. The number of ether oxygens (including phenoxy) is 2. The van der Waals surface area contributed by atoms with E-state index in [2.05, 4.69) is 18.0 Å². The molecule has 3 nitrogen and oxygen atoms in total. The van der Waals surface area contributed by atoms with E-state index in [9.17, 15) is 0 Å². The third kappa shape index (κ3) is 2.55. The minimum Gasteiger partial charge on any atom is -0.496 e. The molecule has 3 aromatic rings. The molecule has 2 aromatic carbocycles. The molecule has 0 bridgehead atoms. The van der Waals surface area contributed by atoms with Gasteiger partial charge in [0.15, 0.2) is 5.75 Å². The van der Waals surface area contributed by atoms with Gasteiger partial charge in [-0.3, -0.25) is 0 Å². The number of rotatable bonds is 3. The molecular formula is C18H17NO2. The fraction of sp³-hybridized carbons (Fsp3) is 0.167. The maximum absolute atomic E-state index is 5.98. The first kappa shape index (κ1) is 13.4. The van der Waals surface area contributed by atoms with E-state index in [0.717, 1.165) is 39.4 Å². The molecule has 21 heavy (non-hydrogen) atoms. The van der Waals surface area contributed by atoms with Crippen LogP contribution in [0.2, 0.25) is 0 Å². The molecule has 0 aliphatic rings. The molecule has 0 unspecified atom stereocenters. The Balaban J connectivity index is 2.20. The summed E-state index contributed by atoms with van der Waals surface area (Å²) in [6.07, 6.45) is 0. The second kappa shape index (κ2) is 5.44. The van der Waals surface area contributed by atoms with Crippen molar-refractivity contribution in [2.24, 2.45) is 0 Å². The molecule has 1 aromatic heterocycles. The lowest BCUT2D eigenvalue weighted by Crippen LogP contribution is -1.95. The predicted molar refractivity (Wildman–Crippen MR) is 84.3 cm³/mol. The van der Waals surface area contributed by atoms with Crippen LogP contribution in [0.4, 0.5) is 0 Å². The average Bonchev–Trinajstić information content (AvgIpc) is 2.49. The number of hydrogen-bond donors (Lipinski definition) is 0. The Kier molecular flexibility index (Phi) is 3.48. The van der Waals surface area contributed by atoms with Crippen LogP contribution in [0.5, 0.6) is 17.2 Å². The fourth-order valence-corrected chi connectivity index (χ4v) is 2.51. The highest BCUT2D eigenvalue weighted by Gasteiger charge is 2.12. The maximum Gasteiger partial charge on any atom is 0.153 e. The molecule has 1 heterocycles. The second-order valence-corrected chi connectivity index (χ2v) is 4.99. The molecule has 0 N–H and O–H groups in total. The van der Waals surface area contributed by atoms with E-state index in [1.807, 2.05) is 49.4 Å². The average molecular weight is 279 g/mol. The maximum atomic E-state index is 5.98. The summed E-state index contributed by atoms with van der Waals surface area (Å²) in [5.41, 5.74) is 2.93. The van der Waals surface area contributed by atoms with E-state index in [1.54, 1.807) is 7.11 Å². The minimum atomic E-state index is 0.740. The van der Waals surface area contributed by atoms with Gasteiger partial charge in [0.25, 0.3) is 0 Å². The summed E-state index contributed by atoms with van der Waals surface area (Å²) >= 11 is 0. The van der Waals surface area contributed by atoms with Crippen molar-refractivity contribution in [2.75, 3.05) is 7.11 Å². The molecule has 0 radical (unpaired) electrons. The summed E-state index contributed by atoms with van der Waals surface area (Å²) < 4.78 is 11.4. The number of benzene rings is 2. The molecule has 106 valence electrons. The number of methoxy groups -OCH3 is 1. The Labute approximate surface area is 124 Å². The van der Waals surface area contributed by atoms with Crippen LogP contribution in [0.1, 0.15) is 11.3 Å². The fourth-order valence-electron chi connectivity index (χ4n) is 2.51. The van der Waals surface area contributed by atoms with E-state index in [4.69, 9.17) is 9.47 Å². The van der Waals surface area contributed by atoms with Gasteiger partial charge in [0.2, 0.25) is 0 Å². The largest absolute Gasteiger partial charge is 0.496 e. The smallest absolute Gasteiger partial charge is 0.153 e. The minimum absolute atomic E-state index is 0.740. The van der Waals surface area contributed by atoms with Crippen molar-refractivity contribution in [1.82, 2.24) is 4.98 Å². The summed E-state index contributed by atoms with van der Waals surface area (Å²) in [6, 6.07) is 15.6. The van der Waals surface area contributed by atoms with Crippen LogP contribution < -0.4 is 9.47 Å². The Bertz CT molecular complexity index is 782. The van der Waals surface area contributed by atoms with Gasteiger partial charge in [-0.2, -0.15) is 0 Å². The van der Waals surface area contributed by atoms with Gasteiger partial charge in [0.1, 0.15) is 17.0 Å². The first-order valence-electron chi connectivity index (χ1n) is 6.87. The Morgan fingerprint density at radius 2 is 1.62 bits per heavy atom. The van der Waals surface area contributed by atoms with E-state index in [0.29, 0.717) is 0 Å². The summed E-state index contributed by atoms with van der Waals surface area (Å²) in [6.45, 7) is 4.05. The SMILES string of the molecule is COc1ccc(Oc2ccccc2)c2nc(C)cc(C)c12. The summed E-state index contributed by atoms with van der Waals surface area (Å²) in [4.78, 5) is 4.64. The highest BCUT2D eigenvalue weighted by atomic mass is 16.5. The van der Waals surface area contributed by atoms with Crippen molar-refractivity contribution in [3.63, 3.8) is 0 Å². The lowest BCUT2D eigenvalue weighted by atomic mass is 10.1. The van der Waals surface area contributed by atoms with Crippen molar-refractivity contribution in [3.05, 3.63) is 59.8 Å². The summed E-state index contributed by atoms with van der Waals surface area (Å²) in [5, 5.41) is 0.997. The number of pyridine rings is 1. The van der Waals surface area contributed by atoms with Crippen LogP contribution in [-0.4, -0.2) is 12.1 Å². The zero-order valence-electron chi connectivity index (χ0n) is 12.4. The monoisotopic (exact) mass is 279 g/mol. The molecule has 0 aliphatic heterocycles. The van der Waals surface area contributed by atoms with E-state index >= 15 is 0 Å². The first-order valence-corrected chi connectivity index (χ1v) is 6.87. The van der Waals surface area contributed by atoms with E-state index < -0.39 is 0 Å². The number of nitrogens with zero attached hydrogens (tertiary/aromatic N) is 1. The molecular weight excluding hydrogens is 262 g/mol. The lowest BCUT2D eigenvalue weighted by molar-refractivity contribution is 0.418. The van der Waals surface area contributed by atoms with Crippen LogP contribution in [0.25, 0.3) is 10.9 Å². The molecule has 0 amide bonds. The van der Waals surface area contributed by atoms with Gasteiger partial charge in [-0.05, 0) is 49.7 Å². The van der Waals surface area contributed by atoms with Crippen LogP contribution in [0.3, 0.4) is 0 Å². The lowest BCUT2D eigenvalue weighted by Gasteiger charge is -2.13. The van der Waals surface area contributed by atoms with Crippen molar-refractivity contribution < 1.29 is 9.47 Å². The van der Waals surface area contributed by atoms with Gasteiger partial charge >= 0.3 is 0 Å². The molecule has 0 saturated heterocycles. The molecule has 0 atom stereocenters. The van der Waals surface area contributed by atoms with Gasteiger partial charge in [-0.25, -0.2) is 4.98 Å². The molecule has 3 heteroatoms. The van der Waals surface area contributed by atoms with Gasteiger partial charge in [-0.15, -0.1) is 0 Å². The van der Waals surface area contributed by atoms with E-state index in [-0.39, 0.29) is 0 Å². The number of hydrogen-bond acceptors (Lipinski definition) is 3. The van der Waals surface area contributed by atoms with Crippen molar-refractivity contribution in [3.8, 4) is 17.2 Å².